The number of anilines is 1. The lowest BCUT2D eigenvalue weighted by molar-refractivity contribution is -0.118. The number of benzene rings is 3. The van der Waals surface area contributed by atoms with Crippen molar-refractivity contribution in [1.82, 2.24) is 0 Å². The normalized spacial score (nSPS) is 24.4. The summed E-state index contributed by atoms with van der Waals surface area (Å²) in [6.07, 6.45) is 3.93. The first-order valence-electron chi connectivity index (χ1n) is 10.9. The van der Waals surface area contributed by atoms with Crippen molar-refractivity contribution in [2.45, 2.75) is 24.9 Å². The summed E-state index contributed by atoms with van der Waals surface area (Å²) < 4.78 is 0. The average Bonchev–Trinajstić information content (AvgIpc) is 3.27. The number of hydrogen-bond donors (Lipinski definition) is 0. The van der Waals surface area contributed by atoms with Crippen LogP contribution in [0.1, 0.15) is 44.7 Å². The van der Waals surface area contributed by atoms with Gasteiger partial charge in [0.2, 0.25) is 0 Å². The van der Waals surface area contributed by atoms with Gasteiger partial charge < -0.3 is 4.90 Å². The summed E-state index contributed by atoms with van der Waals surface area (Å²) in [5.41, 5.74) is 2.22. The topological polar surface area (TPSA) is 54.5 Å². The second kappa shape index (κ2) is 6.60. The number of ketones is 3. The van der Waals surface area contributed by atoms with E-state index in [1.54, 1.807) is 31.2 Å². The number of Topliss-reactive ketones (excluding diaryl/α,β-unsaturated/α-hetero) is 3. The lowest BCUT2D eigenvalue weighted by Crippen LogP contribution is -2.48. The molecule has 3 aromatic rings. The minimum absolute atomic E-state index is 0.0533. The highest BCUT2D eigenvalue weighted by Crippen LogP contribution is 2.60. The van der Waals surface area contributed by atoms with E-state index in [2.05, 4.69) is 0 Å². The van der Waals surface area contributed by atoms with Crippen molar-refractivity contribution in [2.75, 3.05) is 4.90 Å². The molecule has 3 aliphatic rings. The highest BCUT2D eigenvalue weighted by Gasteiger charge is 2.71. The molecule has 0 bridgehead atoms. The van der Waals surface area contributed by atoms with E-state index in [9.17, 15) is 14.4 Å². The number of hydrogen-bond acceptors (Lipinski definition) is 4. The number of fused-ring (bicyclic) bond motifs is 5. The molecule has 1 fully saturated rings. The zero-order valence-electron chi connectivity index (χ0n) is 17.6. The quantitative estimate of drug-likeness (QED) is 0.565. The summed E-state index contributed by atoms with van der Waals surface area (Å²) in [5.74, 6) is -1.01. The van der Waals surface area contributed by atoms with Crippen molar-refractivity contribution in [2.24, 2.45) is 5.41 Å². The molecule has 3 atom stereocenters. The molecule has 2 heterocycles. The zero-order valence-corrected chi connectivity index (χ0v) is 17.6. The lowest BCUT2D eigenvalue weighted by Gasteiger charge is -2.37. The van der Waals surface area contributed by atoms with Gasteiger partial charge in [-0.15, -0.1) is 0 Å². The van der Waals surface area contributed by atoms with Gasteiger partial charge in [-0.2, -0.15) is 0 Å². The fraction of sp³-hybridized carbons (Fsp3) is 0.179. The molecule has 1 saturated heterocycles. The van der Waals surface area contributed by atoms with Crippen LogP contribution in [0, 0.1) is 5.41 Å². The van der Waals surface area contributed by atoms with Crippen LogP contribution in [0.15, 0.2) is 84.9 Å². The predicted molar refractivity (Wildman–Crippen MR) is 123 cm³/mol. The fourth-order valence-corrected chi connectivity index (χ4v) is 6.10. The molecule has 4 heteroatoms. The Bertz CT molecular complexity index is 1290. The van der Waals surface area contributed by atoms with E-state index in [0.29, 0.717) is 11.1 Å². The first-order valence-corrected chi connectivity index (χ1v) is 10.9. The van der Waals surface area contributed by atoms with Gasteiger partial charge in [-0.25, -0.2) is 0 Å². The Balaban J connectivity index is 1.69. The monoisotopic (exact) mass is 419 g/mol. The van der Waals surface area contributed by atoms with Crippen molar-refractivity contribution in [3.63, 3.8) is 0 Å². The molecule has 0 unspecified atom stereocenters. The summed E-state index contributed by atoms with van der Waals surface area (Å²) >= 11 is 0. The van der Waals surface area contributed by atoms with Crippen LogP contribution in [0.3, 0.4) is 0 Å². The second-order valence-electron chi connectivity index (χ2n) is 8.79. The molecule has 156 valence electrons. The van der Waals surface area contributed by atoms with Crippen molar-refractivity contribution >= 4 is 29.1 Å². The third-order valence-electron chi connectivity index (χ3n) is 7.29. The molecule has 0 N–H and O–H groups in total. The first kappa shape index (κ1) is 18.9. The Morgan fingerprint density at radius 3 is 2.06 bits per heavy atom. The van der Waals surface area contributed by atoms with Crippen molar-refractivity contribution in [1.29, 1.82) is 0 Å². The average molecular weight is 419 g/mol. The van der Waals surface area contributed by atoms with E-state index in [1.807, 2.05) is 71.6 Å². The summed E-state index contributed by atoms with van der Waals surface area (Å²) in [4.78, 5) is 43.6. The SMILES string of the molecule is CC(=O)[C@@H]1[C@H](c2ccccc2)C2(C(=O)c3ccccc3C2=O)[C@@H]2C=Cc3ccccc3N12. The van der Waals surface area contributed by atoms with E-state index in [4.69, 9.17) is 0 Å². The van der Waals surface area contributed by atoms with Crippen LogP contribution in [-0.2, 0) is 4.79 Å². The molecule has 0 amide bonds. The highest BCUT2D eigenvalue weighted by atomic mass is 16.2. The molecule has 4 nitrogen and oxygen atoms in total. The molecule has 3 aromatic carbocycles. The maximum Gasteiger partial charge on any atom is 0.180 e. The molecule has 0 saturated carbocycles. The van der Waals surface area contributed by atoms with Crippen LogP contribution < -0.4 is 4.90 Å². The van der Waals surface area contributed by atoms with Crippen molar-refractivity contribution in [3.05, 3.63) is 107 Å². The van der Waals surface area contributed by atoms with E-state index in [-0.39, 0.29) is 17.3 Å². The molecule has 6 rings (SSSR count). The van der Waals surface area contributed by atoms with Gasteiger partial charge in [-0.3, -0.25) is 14.4 Å². The van der Waals surface area contributed by atoms with Crippen molar-refractivity contribution in [3.8, 4) is 0 Å². The largest absolute Gasteiger partial charge is 0.352 e. The van der Waals surface area contributed by atoms with Gasteiger partial charge in [0.05, 0.1) is 12.1 Å². The zero-order chi connectivity index (χ0) is 22.0. The number of para-hydroxylation sites is 1. The van der Waals surface area contributed by atoms with Gasteiger partial charge in [-0.05, 0) is 24.1 Å². The highest BCUT2D eigenvalue weighted by molar-refractivity contribution is 6.32. The minimum Gasteiger partial charge on any atom is -0.352 e. The summed E-state index contributed by atoms with van der Waals surface area (Å²) in [6, 6.07) is 23.3. The standard InChI is InChI=1S/C28H21NO3/c1-17(30)25-24(19-10-3-2-4-11-19)28(26(31)20-12-6-7-13-21(20)27(28)32)23-16-15-18-9-5-8-14-22(18)29(23)25/h2-16,23-25H,1H3/t23-,24-,25+/m0/s1. The maximum absolute atomic E-state index is 14.2. The van der Waals surface area contributed by atoms with Crippen LogP contribution in [0.5, 0.6) is 0 Å². The molecular formula is C28H21NO3. The van der Waals surface area contributed by atoms with Crippen LogP contribution in [0.4, 0.5) is 5.69 Å². The van der Waals surface area contributed by atoms with Gasteiger partial charge in [0.15, 0.2) is 17.3 Å². The van der Waals surface area contributed by atoms with E-state index >= 15 is 0 Å². The van der Waals surface area contributed by atoms with Crippen LogP contribution in [0.2, 0.25) is 0 Å². The Hall–Kier alpha value is -3.79. The molecule has 0 radical (unpaired) electrons. The minimum atomic E-state index is -1.38. The molecule has 2 aliphatic heterocycles. The molecule has 1 spiro atoms. The van der Waals surface area contributed by atoms with Crippen LogP contribution in [0.25, 0.3) is 6.08 Å². The fourth-order valence-electron chi connectivity index (χ4n) is 6.10. The van der Waals surface area contributed by atoms with Gasteiger partial charge >= 0.3 is 0 Å². The number of carbonyl (C=O) groups excluding carboxylic acids is 3. The van der Waals surface area contributed by atoms with Crippen LogP contribution in [-0.4, -0.2) is 29.4 Å². The number of nitrogens with zero attached hydrogens (tertiary/aromatic N) is 1. The molecular weight excluding hydrogens is 398 g/mol. The second-order valence-corrected chi connectivity index (χ2v) is 8.79. The van der Waals surface area contributed by atoms with Gasteiger partial charge in [-0.1, -0.05) is 84.9 Å². The van der Waals surface area contributed by atoms with E-state index in [0.717, 1.165) is 16.8 Å². The van der Waals surface area contributed by atoms with Gasteiger partial charge in [0.25, 0.3) is 0 Å². The molecule has 0 aromatic heterocycles. The third kappa shape index (κ3) is 2.19. The van der Waals surface area contributed by atoms with Crippen LogP contribution >= 0.6 is 0 Å². The summed E-state index contributed by atoms with van der Waals surface area (Å²) in [7, 11) is 0. The van der Waals surface area contributed by atoms with E-state index < -0.39 is 23.4 Å². The number of rotatable bonds is 2. The first-order chi connectivity index (χ1) is 15.6. The van der Waals surface area contributed by atoms with E-state index in [1.165, 1.54) is 0 Å². The van der Waals surface area contributed by atoms with Gasteiger partial charge in [0.1, 0.15) is 5.41 Å². The van der Waals surface area contributed by atoms with Gasteiger partial charge in [0, 0.05) is 22.7 Å². The predicted octanol–water partition coefficient (Wildman–Crippen LogP) is 4.71. The Morgan fingerprint density at radius 1 is 0.812 bits per heavy atom. The Labute approximate surface area is 186 Å². The Morgan fingerprint density at radius 2 is 1.41 bits per heavy atom. The Kier molecular flexibility index (Phi) is 3.91. The lowest BCUT2D eigenvalue weighted by atomic mass is 9.64. The molecule has 1 aliphatic carbocycles. The molecule has 32 heavy (non-hydrogen) atoms. The maximum atomic E-state index is 14.2. The summed E-state index contributed by atoms with van der Waals surface area (Å²) in [5, 5.41) is 0. The summed E-state index contributed by atoms with van der Waals surface area (Å²) in [6.45, 7) is 1.56. The third-order valence-corrected chi connectivity index (χ3v) is 7.29. The van der Waals surface area contributed by atoms with Crippen molar-refractivity contribution < 1.29 is 14.4 Å². The smallest absolute Gasteiger partial charge is 0.180 e. The number of carbonyl (C=O) groups is 3.